The molecule has 1 heterocycles. The Bertz CT molecular complexity index is 824. The van der Waals surface area contributed by atoms with Crippen LogP contribution in [0.4, 0.5) is 0 Å². The van der Waals surface area contributed by atoms with Crippen molar-refractivity contribution in [2.24, 2.45) is 0 Å². The molecule has 0 saturated heterocycles. The van der Waals surface area contributed by atoms with Crippen molar-refractivity contribution in [3.05, 3.63) is 100 Å². The van der Waals surface area contributed by atoms with Gasteiger partial charge in [0.2, 0.25) is 0 Å². The van der Waals surface area contributed by atoms with Gasteiger partial charge in [-0.05, 0) is 17.7 Å². The zero-order valence-electron chi connectivity index (χ0n) is 12.4. The van der Waals surface area contributed by atoms with Crippen molar-refractivity contribution < 1.29 is 4.92 Å². The molecule has 0 amide bonds. The molecule has 5 nitrogen and oxygen atoms in total. The van der Waals surface area contributed by atoms with E-state index in [1.807, 2.05) is 41.0 Å². The lowest BCUT2D eigenvalue weighted by molar-refractivity contribution is -0.374. The van der Waals surface area contributed by atoms with Crippen LogP contribution in [0.5, 0.6) is 0 Å². The van der Waals surface area contributed by atoms with Gasteiger partial charge in [0.15, 0.2) is 0 Å². The van der Waals surface area contributed by atoms with E-state index in [1.165, 1.54) is 0 Å². The number of imidazole rings is 1. The average Bonchev–Trinajstić information content (AvgIpc) is 3.01. The third kappa shape index (κ3) is 3.52. The highest BCUT2D eigenvalue weighted by Gasteiger charge is 2.15. The maximum absolute atomic E-state index is 11.4. The van der Waals surface area contributed by atoms with Crippen molar-refractivity contribution in [2.45, 2.75) is 6.54 Å². The lowest BCUT2D eigenvalue weighted by Crippen LogP contribution is -2.02. The summed E-state index contributed by atoms with van der Waals surface area (Å²) in [6.07, 6.45) is 4.88. The molecule has 0 spiro atoms. The van der Waals surface area contributed by atoms with E-state index in [4.69, 9.17) is 0 Å². The summed E-state index contributed by atoms with van der Waals surface area (Å²) in [6, 6.07) is 18.8. The lowest BCUT2D eigenvalue weighted by Gasteiger charge is -2.06. The van der Waals surface area contributed by atoms with E-state index in [0.29, 0.717) is 17.8 Å². The molecule has 3 rings (SSSR count). The summed E-state index contributed by atoms with van der Waals surface area (Å²) < 4.78 is 1.89. The quantitative estimate of drug-likeness (QED) is 0.533. The third-order valence-electron chi connectivity index (χ3n) is 3.49. The number of nitrogens with zero attached hydrogens (tertiary/aromatic N) is 3. The lowest BCUT2D eigenvalue weighted by atomic mass is 10.1. The maximum Gasteiger partial charge on any atom is 0.278 e. The standard InChI is InChI=1S/C18H15N3O2/c22-21(23)18(16-9-5-2-6-10-16)11-17-12-19-14-20(17)13-15-7-3-1-4-8-15/h1-12,14H,13H2/b18-11+. The maximum atomic E-state index is 11.4. The molecule has 2 aromatic carbocycles. The topological polar surface area (TPSA) is 61.0 Å². The molecule has 0 fully saturated rings. The fourth-order valence-corrected chi connectivity index (χ4v) is 2.35. The zero-order valence-corrected chi connectivity index (χ0v) is 12.4. The minimum Gasteiger partial charge on any atom is -0.326 e. The molecular weight excluding hydrogens is 290 g/mol. The predicted octanol–water partition coefficient (Wildman–Crippen LogP) is 3.71. The van der Waals surface area contributed by atoms with E-state index in [2.05, 4.69) is 4.98 Å². The van der Waals surface area contributed by atoms with Crippen molar-refractivity contribution in [3.63, 3.8) is 0 Å². The second kappa shape index (κ2) is 6.70. The smallest absolute Gasteiger partial charge is 0.278 e. The van der Waals surface area contributed by atoms with Gasteiger partial charge in [0, 0.05) is 12.6 Å². The second-order valence-electron chi connectivity index (χ2n) is 5.08. The largest absolute Gasteiger partial charge is 0.326 e. The highest BCUT2D eigenvalue weighted by atomic mass is 16.6. The number of hydrogen-bond acceptors (Lipinski definition) is 3. The molecule has 0 bridgehead atoms. The van der Waals surface area contributed by atoms with Crippen LogP contribution in [0.1, 0.15) is 16.8 Å². The van der Waals surface area contributed by atoms with Gasteiger partial charge >= 0.3 is 0 Å². The Balaban J connectivity index is 1.95. The van der Waals surface area contributed by atoms with Crippen LogP contribution >= 0.6 is 0 Å². The normalized spacial score (nSPS) is 11.4. The van der Waals surface area contributed by atoms with Crippen molar-refractivity contribution >= 4 is 11.8 Å². The molecule has 0 N–H and O–H groups in total. The monoisotopic (exact) mass is 305 g/mol. The molecule has 3 aromatic rings. The van der Waals surface area contributed by atoms with E-state index < -0.39 is 0 Å². The SMILES string of the molecule is O=[N+]([O-])/C(=C/c1cncn1Cc1ccccc1)c1ccccc1. The molecule has 5 heteroatoms. The fraction of sp³-hybridized carbons (Fsp3) is 0.0556. The van der Waals surface area contributed by atoms with E-state index in [9.17, 15) is 10.1 Å². The van der Waals surface area contributed by atoms with Crippen molar-refractivity contribution in [2.75, 3.05) is 0 Å². The average molecular weight is 305 g/mol. The van der Waals surface area contributed by atoms with Crippen LogP contribution in [0.3, 0.4) is 0 Å². The van der Waals surface area contributed by atoms with Crippen LogP contribution in [0.2, 0.25) is 0 Å². The van der Waals surface area contributed by atoms with E-state index in [-0.39, 0.29) is 10.6 Å². The van der Waals surface area contributed by atoms with E-state index in [1.54, 1.807) is 42.9 Å². The Labute approximate surface area is 133 Å². The third-order valence-corrected chi connectivity index (χ3v) is 3.49. The molecule has 0 atom stereocenters. The van der Waals surface area contributed by atoms with Crippen molar-refractivity contribution in [1.29, 1.82) is 0 Å². The van der Waals surface area contributed by atoms with Crippen molar-refractivity contribution in [1.82, 2.24) is 9.55 Å². The van der Waals surface area contributed by atoms with Crippen LogP contribution in [0.15, 0.2) is 73.2 Å². The number of aromatic nitrogens is 2. The first-order valence-electron chi connectivity index (χ1n) is 7.19. The summed E-state index contributed by atoms with van der Waals surface area (Å²) >= 11 is 0. The summed E-state index contributed by atoms with van der Waals surface area (Å²) in [5.74, 6) is 0. The Hall–Kier alpha value is -3.21. The molecule has 0 aliphatic rings. The second-order valence-corrected chi connectivity index (χ2v) is 5.08. The number of hydrogen-bond donors (Lipinski definition) is 0. The molecule has 0 saturated carbocycles. The van der Waals surface area contributed by atoms with Crippen LogP contribution in [-0.2, 0) is 6.54 Å². The van der Waals surface area contributed by atoms with Crippen molar-refractivity contribution in [3.8, 4) is 0 Å². The van der Waals surface area contributed by atoms with Gasteiger partial charge in [0.05, 0.1) is 28.7 Å². The van der Waals surface area contributed by atoms with Gasteiger partial charge in [-0.2, -0.15) is 0 Å². The summed E-state index contributed by atoms with van der Waals surface area (Å²) in [6.45, 7) is 0.618. The first-order valence-corrected chi connectivity index (χ1v) is 7.19. The number of nitro groups is 1. The Kier molecular flexibility index (Phi) is 4.29. The molecular formula is C18H15N3O2. The van der Waals surface area contributed by atoms with E-state index >= 15 is 0 Å². The van der Waals surface area contributed by atoms with Gasteiger partial charge in [-0.25, -0.2) is 4.98 Å². The van der Waals surface area contributed by atoms with Gasteiger partial charge in [-0.3, -0.25) is 10.1 Å². The van der Waals surface area contributed by atoms with Crippen LogP contribution in [-0.4, -0.2) is 14.5 Å². The molecule has 23 heavy (non-hydrogen) atoms. The van der Waals surface area contributed by atoms with Gasteiger partial charge in [-0.1, -0.05) is 48.5 Å². The van der Waals surface area contributed by atoms with Gasteiger partial charge in [0.25, 0.3) is 5.70 Å². The highest BCUT2D eigenvalue weighted by molar-refractivity contribution is 5.75. The van der Waals surface area contributed by atoms with Crippen LogP contribution < -0.4 is 0 Å². The Morgan fingerprint density at radius 3 is 2.39 bits per heavy atom. The van der Waals surface area contributed by atoms with E-state index in [0.717, 1.165) is 5.56 Å². The first kappa shape index (κ1) is 14.7. The highest BCUT2D eigenvalue weighted by Crippen LogP contribution is 2.19. The van der Waals surface area contributed by atoms with Gasteiger partial charge in [-0.15, -0.1) is 0 Å². The molecule has 0 aliphatic heterocycles. The molecule has 0 radical (unpaired) electrons. The Morgan fingerprint density at radius 2 is 1.74 bits per heavy atom. The molecule has 0 unspecified atom stereocenters. The minimum atomic E-state index is -0.366. The summed E-state index contributed by atoms with van der Waals surface area (Å²) in [4.78, 5) is 15.2. The van der Waals surface area contributed by atoms with Crippen LogP contribution in [0.25, 0.3) is 11.8 Å². The molecule has 114 valence electrons. The first-order chi connectivity index (χ1) is 11.2. The summed E-state index contributed by atoms with van der Waals surface area (Å²) in [7, 11) is 0. The van der Waals surface area contributed by atoms with Gasteiger partial charge in [0.1, 0.15) is 0 Å². The van der Waals surface area contributed by atoms with Gasteiger partial charge < -0.3 is 4.57 Å². The fourth-order valence-electron chi connectivity index (χ4n) is 2.35. The summed E-state index contributed by atoms with van der Waals surface area (Å²) in [5, 5.41) is 11.4. The Morgan fingerprint density at radius 1 is 1.09 bits per heavy atom. The number of benzene rings is 2. The molecule has 1 aromatic heterocycles. The summed E-state index contributed by atoms with van der Waals surface area (Å²) in [5.41, 5.74) is 2.44. The molecule has 0 aliphatic carbocycles. The number of rotatable bonds is 5. The minimum absolute atomic E-state index is 0.0559. The predicted molar refractivity (Wildman–Crippen MR) is 89.1 cm³/mol. The zero-order chi connectivity index (χ0) is 16.1. The van der Waals surface area contributed by atoms with Crippen LogP contribution in [0, 0.1) is 10.1 Å².